The van der Waals surface area contributed by atoms with Gasteiger partial charge in [-0.05, 0) is 85.1 Å². The van der Waals surface area contributed by atoms with Crippen LogP contribution in [0.3, 0.4) is 0 Å². The molecule has 0 radical (unpaired) electrons. The SMILES string of the molecule is CCC.CCCC(CC1CC(=O)c2c(C)ccc(-c3ccc(CC4CCCCC4)cc3)c2C1)C(CC)C(=O)CC(C)=O. The van der Waals surface area contributed by atoms with Crippen LogP contribution in [0.4, 0.5) is 0 Å². The molecule has 0 N–H and O–H groups in total. The van der Waals surface area contributed by atoms with E-state index in [1.807, 2.05) is 0 Å². The molecule has 3 unspecified atom stereocenters. The molecule has 3 atom stereocenters. The number of ketones is 3. The number of hydrogen-bond acceptors (Lipinski definition) is 3. The van der Waals surface area contributed by atoms with Gasteiger partial charge < -0.3 is 0 Å². The molecule has 2 aliphatic carbocycles. The molecule has 1 saturated carbocycles. The maximum absolute atomic E-state index is 13.5. The largest absolute Gasteiger partial charge is 0.300 e. The summed E-state index contributed by atoms with van der Waals surface area (Å²) >= 11 is 0. The number of aryl methyl sites for hydroxylation is 1. The highest BCUT2D eigenvalue weighted by molar-refractivity contribution is 6.02. The Bertz CT molecular complexity index is 1170. The molecule has 0 saturated heterocycles. The summed E-state index contributed by atoms with van der Waals surface area (Å²) in [6.45, 7) is 12.0. The standard InChI is InChI=1S/C36H48O3.C3H8/c1-5-10-30(31(6-2)34(38)19-25(4)37)21-28-22-33-32(18-13-24(3)36(33)35(39)23-28)29-16-14-27(15-17-29)20-26-11-8-7-9-12-26;1-3-2/h13-18,26,28,30-31H,5-12,19-23H2,1-4H3;3H2,1-2H3. The fraction of sp³-hybridized carbons (Fsp3) is 0.615. The molecule has 4 rings (SSSR count). The van der Waals surface area contributed by atoms with Crippen molar-refractivity contribution >= 4 is 17.3 Å². The molecule has 0 aromatic heterocycles. The van der Waals surface area contributed by atoms with Crippen molar-refractivity contribution in [1.82, 2.24) is 0 Å². The second-order valence-corrected chi connectivity index (χ2v) is 13.2. The first kappa shape index (κ1) is 33.9. The summed E-state index contributed by atoms with van der Waals surface area (Å²) in [4.78, 5) is 38.2. The Balaban J connectivity index is 0.00000155. The summed E-state index contributed by atoms with van der Waals surface area (Å²) in [6.07, 6.45) is 14.3. The second kappa shape index (κ2) is 16.9. The predicted octanol–water partition coefficient (Wildman–Crippen LogP) is 10.3. The summed E-state index contributed by atoms with van der Waals surface area (Å²) in [5.74, 6) is 1.44. The first-order chi connectivity index (χ1) is 20.2. The van der Waals surface area contributed by atoms with Crippen molar-refractivity contribution in [1.29, 1.82) is 0 Å². The zero-order valence-corrected chi connectivity index (χ0v) is 27.4. The summed E-state index contributed by atoms with van der Waals surface area (Å²) in [5, 5.41) is 0. The molecule has 1 fully saturated rings. The molecule has 0 spiro atoms. The number of carbonyl (C=O) groups excluding carboxylic acids is 3. The van der Waals surface area contributed by atoms with E-state index in [0.29, 0.717) is 6.42 Å². The normalized spacial score (nSPS) is 18.4. The fourth-order valence-corrected chi connectivity index (χ4v) is 7.55. The van der Waals surface area contributed by atoms with Gasteiger partial charge in [-0.25, -0.2) is 0 Å². The van der Waals surface area contributed by atoms with Crippen molar-refractivity contribution in [3.63, 3.8) is 0 Å². The Kier molecular flexibility index (Phi) is 13.7. The minimum Gasteiger partial charge on any atom is -0.300 e. The van der Waals surface area contributed by atoms with Crippen LogP contribution in [-0.2, 0) is 22.4 Å². The van der Waals surface area contributed by atoms with Gasteiger partial charge in [0.25, 0.3) is 0 Å². The van der Waals surface area contributed by atoms with E-state index in [1.54, 1.807) is 0 Å². The van der Waals surface area contributed by atoms with Crippen molar-refractivity contribution in [2.24, 2.45) is 23.7 Å². The third kappa shape index (κ3) is 9.22. The van der Waals surface area contributed by atoms with Crippen LogP contribution < -0.4 is 0 Å². The summed E-state index contributed by atoms with van der Waals surface area (Å²) in [5.41, 5.74) is 6.98. The third-order valence-electron chi connectivity index (χ3n) is 9.42. The van der Waals surface area contributed by atoms with Crippen LogP contribution in [0.15, 0.2) is 36.4 Å². The lowest BCUT2D eigenvalue weighted by Crippen LogP contribution is -2.30. The molecular formula is C39H56O3. The van der Waals surface area contributed by atoms with Gasteiger partial charge in [-0.2, -0.15) is 0 Å². The Hall–Kier alpha value is -2.55. The first-order valence-corrected chi connectivity index (χ1v) is 17.0. The van der Waals surface area contributed by atoms with Gasteiger partial charge in [0.2, 0.25) is 0 Å². The number of benzene rings is 2. The molecule has 230 valence electrons. The highest BCUT2D eigenvalue weighted by atomic mass is 16.1. The fourth-order valence-electron chi connectivity index (χ4n) is 7.55. The van der Waals surface area contributed by atoms with Gasteiger partial charge in [0.05, 0.1) is 6.42 Å². The molecule has 2 aromatic carbocycles. The molecule has 3 heteroatoms. The molecule has 3 nitrogen and oxygen atoms in total. The Labute approximate surface area is 256 Å². The van der Waals surface area contributed by atoms with Gasteiger partial charge in [0, 0.05) is 17.9 Å². The van der Waals surface area contributed by atoms with Gasteiger partial charge in [-0.3, -0.25) is 14.4 Å². The Morgan fingerprint density at radius 2 is 1.55 bits per heavy atom. The average Bonchev–Trinajstić information content (AvgIpc) is 2.95. The van der Waals surface area contributed by atoms with Crippen LogP contribution in [0.25, 0.3) is 11.1 Å². The lowest BCUT2D eigenvalue weighted by atomic mass is 9.71. The summed E-state index contributed by atoms with van der Waals surface area (Å²) in [7, 11) is 0. The van der Waals surface area contributed by atoms with E-state index in [0.717, 1.165) is 49.1 Å². The van der Waals surface area contributed by atoms with E-state index in [2.05, 4.69) is 71.0 Å². The lowest BCUT2D eigenvalue weighted by molar-refractivity contribution is -0.129. The van der Waals surface area contributed by atoms with Crippen molar-refractivity contribution in [2.45, 2.75) is 131 Å². The lowest BCUT2D eigenvalue weighted by Gasteiger charge is -2.32. The zero-order chi connectivity index (χ0) is 30.6. The monoisotopic (exact) mass is 572 g/mol. The van der Waals surface area contributed by atoms with E-state index in [4.69, 9.17) is 0 Å². The Morgan fingerprint density at radius 1 is 0.881 bits per heavy atom. The molecule has 2 aromatic rings. The number of fused-ring (bicyclic) bond motifs is 1. The number of rotatable bonds is 12. The van der Waals surface area contributed by atoms with E-state index in [1.165, 1.54) is 74.1 Å². The highest BCUT2D eigenvalue weighted by Crippen LogP contribution is 2.40. The Morgan fingerprint density at radius 3 is 2.14 bits per heavy atom. The van der Waals surface area contributed by atoms with Gasteiger partial charge >= 0.3 is 0 Å². The molecule has 0 amide bonds. The molecule has 0 aliphatic heterocycles. The quantitative estimate of drug-likeness (QED) is 0.238. The van der Waals surface area contributed by atoms with E-state index in [9.17, 15) is 14.4 Å². The van der Waals surface area contributed by atoms with Crippen LogP contribution in [0, 0.1) is 30.6 Å². The number of Topliss-reactive ketones (excluding diaryl/α,β-unsaturated/α-hetero) is 3. The van der Waals surface area contributed by atoms with Crippen LogP contribution in [0.1, 0.15) is 139 Å². The maximum Gasteiger partial charge on any atom is 0.163 e. The van der Waals surface area contributed by atoms with Crippen LogP contribution in [0.5, 0.6) is 0 Å². The van der Waals surface area contributed by atoms with Crippen LogP contribution in [-0.4, -0.2) is 17.3 Å². The molecular weight excluding hydrogens is 516 g/mol. The van der Waals surface area contributed by atoms with Gasteiger partial charge in [0.1, 0.15) is 11.6 Å². The molecule has 42 heavy (non-hydrogen) atoms. The minimum absolute atomic E-state index is 0.0330. The zero-order valence-electron chi connectivity index (χ0n) is 27.4. The molecule has 0 bridgehead atoms. The van der Waals surface area contributed by atoms with Gasteiger partial charge in [-0.1, -0.05) is 115 Å². The van der Waals surface area contributed by atoms with Gasteiger partial charge in [0.15, 0.2) is 5.78 Å². The van der Waals surface area contributed by atoms with Crippen molar-refractivity contribution in [3.8, 4) is 11.1 Å². The van der Waals surface area contributed by atoms with Crippen molar-refractivity contribution < 1.29 is 14.4 Å². The molecule has 0 heterocycles. The van der Waals surface area contributed by atoms with Crippen LogP contribution >= 0.6 is 0 Å². The number of hydrogen-bond donors (Lipinski definition) is 0. The van der Waals surface area contributed by atoms with Gasteiger partial charge in [-0.15, -0.1) is 0 Å². The third-order valence-corrected chi connectivity index (χ3v) is 9.42. The second-order valence-electron chi connectivity index (χ2n) is 13.2. The first-order valence-electron chi connectivity index (χ1n) is 17.0. The van der Waals surface area contributed by atoms with Crippen molar-refractivity contribution in [2.75, 3.05) is 0 Å². The predicted molar refractivity (Wildman–Crippen MR) is 176 cm³/mol. The topological polar surface area (TPSA) is 51.2 Å². The molecule has 2 aliphatic rings. The number of carbonyl (C=O) groups is 3. The van der Waals surface area contributed by atoms with E-state index >= 15 is 0 Å². The summed E-state index contributed by atoms with van der Waals surface area (Å²) < 4.78 is 0. The minimum atomic E-state index is -0.0981. The smallest absolute Gasteiger partial charge is 0.163 e. The average molecular weight is 573 g/mol. The highest BCUT2D eigenvalue weighted by Gasteiger charge is 2.34. The van der Waals surface area contributed by atoms with E-state index in [-0.39, 0.29) is 41.5 Å². The van der Waals surface area contributed by atoms with E-state index < -0.39 is 0 Å². The van der Waals surface area contributed by atoms with Crippen molar-refractivity contribution in [3.05, 3.63) is 58.7 Å². The maximum atomic E-state index is 13.5. The summed E-state index contributed by atoms with van der Waals surface area (Å²) in [6, 6.07) is 13.4. The van der Waals surface area contributed by atoms with Crippen LogP contribution in [0.2, 0.25) is 0 Å².